The van der Waals surface area contributed by atoms with Gasteiger partial charge < -0.3 is 5.11 Å². The number of aromatic nitrogens is 2. The molecule has 1 heterocycles. The number of carboxylic acids is 1. The SMILES string of the molecule is C=C(F)c1c(C(=O)O)n[nH]c1C(F)(F)F. The molecule has 0 saturated heterocycles. The van der Waals surface area contributed by atoms with E-state index < -0.39 is 34.9 Å². The molecule has 0 aliphatic heterocycles. The van der Waals surface area contributed by atoms with Gasteiger partial charge in [0, 0.05) is 0 Å². The number of nitrogens with zero attached hydrogens (tertiary/aromatic N) is 1. The van der Waals surface area contributed by atoms with Crippen molar-refractivity contribution in [3.63, 3.8) is 0 Å². The summed E-state index contributed by atoms with van der Waals surface area (Å²) in [5.41, 5.74) is -3.78. The summed E-state index contributed by atoms with van der Waals surface area (Å²) in [6.45, 7) is 2.62. The molecule has 8 heteroatoms. The van der Waals surface area contributed by atoms with Crippen molar-refractivity contribution >= 4 is 11.8 Å². The molecule has 0 aromatic carbocycles. The van der Waals surface area contributed by atoms with E-state index in [1.54, 1.807) is 0 Å². The normalized spacial score (nSPS) is 11.5. The van der Waals surface area contributed by atoms with Gasteiger partial charge in [0.25, 0.3) is 0 Å². The molecule has 0 bridgehead atoms. The number of alkyl halides is 3. The van der Waals surface area contributed by atoms with E-state index in [1.165, 1.54) is 5.10 Å². The molecular weight excluding hydrogens is 220 g/mol. The van der Waals surface area contributed by atoms with Gasteiger partial charge in [-0.05, 0) is 0 Å². The maximum absolute atomic E-state index is 12.7. The molecule has 0 saturated carbocycles. The van der Waals surface area contributed by atoms with E-state index in [2.05, 4.69) is 11.7 Å². The number of H-pyrrole nitrogens is 1. The van der Waals surface area contributed by atoms with Crippen LogP contribution in [-0.4, -0.2) is 21.3 Å². The molecule has 82 valence electrons. The Morgan fingerprint density at radius 3 is 2.33 bits per heavy atom. The molecule has 4 nitrogen and oxygen atoms in total. The van der Waals surface area contributed by atoms with Crippen LogP contribution in [0.15, 0.2) is 6.58 Å². The lowest BCUT2D eigenvalue weighted by Crippen LogP contribution is -2.09. The molecule has 1 aromatic rings. The Morgan fingerprint density at radius 2 is 2.00 bits per heavy atom. The molecule has 0 atom stereocenters. The highest BCUT2D eigenvalue weighted by molar-refractivity contribution is 5.91. The maximum atomic E-state index is 12.7. The molecule has 0 amide bonds. The van der Waals surface area contributed by atoms with Crippen molar-refractivity contribution in [2.24, 2.45) is 0 Å². The number of nitrogens with one attached hydrogen (secondary N) is 1. The Labute approximate surface area is 80.2 Å². The van der Waals surface area contributed by atoms with E-state index in [9.17, 15) is 22.4 Å². The average molecular weight is 224 g/mol. The van der Waals surface area contributed by atoms with Gasteiger partial charge >= 0.3 is 12.1 Å². The molecule has 0 unspecified atom stereocenters. The molecule has 0 radical (unpaired) electrons. The van der Waals surface area contributed by atoms with E-state index in [0.29, 0.717) is 0 Å². The summed E-state index contributed by atoms with van der Waals surface area (Å²) in [7, 11) is 0. The smallest absolute Gasteiger partial charge is 0.433 e. The van der Waals surface area contributed by atoms with E-state index in [1.807, 2.05) is 0 Å². The molecule has 0 spiro atoms. The van der Waals surface area contributed by atoms with Crippen molar-refractivity contribution in [2.75, 3.05) is 0 Å². The van der Waals surface area contributed by atoms with Crippen molar-refractivity contribution in [1.29, 1.82) is 0 Å². The van der Waals surface area contributed by atoms with E-state index in [0.717, 1.165) is 0 Å². The summed E-state index contributed by atoms with van der Waals surface area (Å²) < 4.78 is 49.3. The van der Waals surface area contributed by atoms with E-state index >= 15 is 0 Å². The largest absolute Gasteiger partial charge is 0.476 e. The Hall–Kier alpha value is -1.86. The van der Waals surface area contributed by atoms with E-state index in [4.69, 9.17) is 5.11 Å². The molecule has 0 fully saturated rings. The fourth-order valence-electron chi connectivity index (χ4n) is 0.966. The number of rotatable bonds is 2. The summed E-state index contributed by atoms with van der Waals surface area (Å²) in [5, 5.41) is 12.7. The minimum atomic E-state index is -4.91. The minimum Gasteiger partial charge on any atom is -0.476 e. The Kier molecular flexibility index (Phi) is 2.52. The van der Waals surface area contributed by atoms with Crippen molar-refractivity contribution in [3.05, 3.63) is 23.5 Å². The summed E-state index contributed by atoms with van der Waals surface area (Å²) in [4.78, 5) is 10.4. The highest BCUT2D eigenvalue weighted by atomic mass is 19.4. The predicted molar refractivity (Wildman–Crippen MR) is 40.7 cm³/mol. The number of hydrogen-bond donors (Lipinski definition) is 2. The van der Waals surface area contributed by atoms with Crippen LogP contribution in [0.3, 0.4) is 0 Å². The zero-order chi connectivity index (χ0) is 11.8. The number of aromatic amines is 1. The minimum absolute atomic E-state index is 1.05. The Bertz CT molecular complexity index is 421. The molecule has 0 aliphatic carbocycles. The van der Waals surface area contributed by atoms with Crippen molar-refractivity contribution in [2.45, 2.75) is 6.18 Å². The van der Waals surface area contributed by atoms with Gasteiger partial charge in [0.05, 0.1) is 5.56 Å². The fraction of sp³-hybridized carbons (Fsp3) is 0.143. The van der Waals surface area contributed by atoms with E-state index in [-0.39, 0.29) is 0 Å². The van der Waals surface area contributed by atoms with Crippen molar-refractivity contribution < 1.29 is 27.5 Å². The number of aromatic carboxylic acids is 1. The third-order valence-electron chi connectivity index (χ3n) is 1.52. The molecule has 1 rings (SSSR count). The van der Waals surface area contributed by atoms with Crippen LogP contribution in [0, 0.1) is 0 Å². The fourth-order valence-corrected chi connectivity index (χ4v) is 0.966. The quantitative estimate of drug-likeness (QED) is 0.755. The van der Waals surface area contributed by atoms with Crippen LogP contribution in [0.1, 0.15) is 21.7 Å². The van der Waals surface area contributed by atoms with Gasteiger partial charge in [-0.3, -0.25) is 5.10 Å². The van der Waals surface area contributed by atoms with Crippen LogP contribution < -0.4 is 0 Å². The van der Waals surface area contributed by atoms with Gasteiger partial charge in [0.2, 0.25) is 0 Å². The summed E-state index contributed by atoms with van der Waals surface area (Å²) >= 11 is 0. The van der Waals surface area contributed by atoms with Crippen LogP contribution in [-0.2, 0) is 6.18 Å². The highest BCUT2D eigenvalue weighted by Gasteiger charge is 2.39. The summed E-state index contributed by atoms with van der Waals surface area (Å²) in [6, 6.07) is 0. The average Bonchev–Trinajstić information content (AvgIpc) is 2.45. The first kappa shape index (κ1) is 11.2. The second kappa shape index (κ2) is 3.37. The lowest BCUT2D eigenvalue weighted by atomic mass is 10.1. The Morgan fingerprint density at radius 1 is 1.47 bits per heavy atom. The van der Waals surface area contributed by atoms with Gasteiger partial charge in [-0.15, -0.1) is 0 Å². The summed E-state index contributed by atoms with van der Waals surface area (Å²) in [6.07, 6.45) is -4.91. The predicted octanol–water partition coefficient (Wildman–Crippen LogP) is 2.07. The number of hydrogen-bond acceptors (Lipinski definition) is 2. The van der Waals surface area contributed by atoms with Crippen molar-refractivity contribution in [3.8, 4) is 0 Å². The maximum Gasteiger partial charge on any atom is 0.433 e. The van der Waals surface area contributed by atoms with Crippen LogP contribution in [0.2, 0.25) is 0 Å². The van der Waals surface area contributed by atoms with Crippen LogP contribution in [0.4, 0.5) is 17.6 Å². The standard InChI is InChI=1S/C7H4F4N2O2/c1-2(8)3-4(6(14)15)12-13-5(3)7(9,10)11/h1H2,(H,12,13)(H,14,15). The van der Waals surface area contributed by atoms with Crippen LogP contribution in [0.25, 0.3) is 5.83 Å². The summed E-state index contributed by atoms with van der Waals surface area (Å²) in [5.74, 6) is -3.27. The number of carboxylic acid groups (broad SMARTS) is 1. The zero-order valence-corrected chi connectivity index (χ0v) is 7.02. The van der Waals surface area contributed by atoms with Crippen LogP contribution >= 0.6 is 0 Å². The molecule has 0 aliphatic rings. The second-order valence-electron chi connectivity index (χ2n) is 2.53. The lowest BCUT2D eigenvalue weighted by Gasteiger charge is -2.04. The third kappa shape index (κ3) is 1.97. The number of carbonyl (C=O) groups is 1. The first-order valence-electron chi connectivity index (χ1n) is 3.48. The molecule has 15 heavy (non-hydrogen) atoms. The van der Waals surface area contributed by atoms with Crippen LogP contribution in [0.5, 0.6) is 0 Å². The molecule has 2 N–H and O–H groups in total. The van der Waals surface area contributed by atoms with Gasteiger partial charge in [0.15, 0.2) is 11.4 Å². The zero-order valence-electron chi connectivity index (χ0n) is 7.02. The number of halogens is 4. The molecular formula is C7H4F4N2O2. The lowest BCUT2D eigenvalue weighted by molar-refractivity contribution is -0.141. The first-order valence-corrected chi connectivity index (χ1v) is 3.48. The van der Waals surface area contributed by atoms with Gasteiger partial charge in [0.1, 0.15) is 5.83 Å². The van der Waals surface area contributed by atoms with Gasteiger partial charge in [-0.1, -0.05) is 6.58 Å². The second-order valence-corrected chi connectivity index (χ2v) is 2.53. The third-order valence-corrected chi connectivity index (χ3v) is 1.52. The first-order chi connectivity index (χ1) is 6.75. The monoisotopic (exact) mass is 224 g/mol. The van der Waals surface area contributed by atoms with Crippen molar-refractivity contribution in [1.82, 2.24) is 10.2 Å². The topological polar surface area (TPSA) is 66.0 Å². The molecule has 1 aromatic heterocycles. The Balaban J connectivity index is 3.44. The van der Waals surface area contributed by atoms with Gasteiger partial charge in [-0.2, -0.15) is 18.3 Å². The highest BCUT2D eigenvalue weighted by Crippen LogP contribution is 2.34. The van der Waals surface area contributed by atoms with Gasteiger partial charge in [-0.25, -0.2) is 9.18 Å².